The summed E-state index contributed by atoms with van der Waals surface area (Å²) in [5.41, 5.74) is 26.8. The minimum absolute atomic E-state index is 0.653. The van der Waals surface area contributed by atoms with Gasteiger partial charge in [-0.2, -0.15) is 8.42 Å². The number of aryl methyl sites for hydroxylation is 2. The molecule has 21 heavy (non-hydrogen) atoms. The first kappa shape index (κ1) is 18.5. The van der Waals surface area contributed by atoms with Crippen molar-refractivity contribution in [2.75, 3.05) is 22.9 Å². The van der Waals surface area contributed by atoms with Gasteiger partial charge < -0.3 is 22.9 Å². The van der Waals surface area contributed by atoms with Crippen LogP contribution in [0, 0.1) is 13.8 Å². The molecule has 6 nitrogen and oxygen atoms in total. The van der Waals surface area contributed by atoms with E-state index in [0.717, 1.165) is 11.1 Å². The minimum Gasteiger partial charge on any atom is -0.397 e. The predicted molar refractivity (Wildman–Crippen MR) is 88.9 cm³/mol. The third kappa shape index (κ3) is 7.58. The van der Waals surface area contributed by atoms with Crippen LogP contribution < -0.4 is 22.9 Å². The summed E-state index contributed by atoms with van der Waals surface area (Å²) in [6.07, 6.45) is 0. The van der Waals surface area contributed by atoms with E-state index in [2.05, 4.69) is 0 Å². The summed E-state index contributed by atoms with van der Waals surface area (Å²) in [6.45, 7) is 3.96. The molecular weight excluding hydrogens is 288 g/mol. The number of nitrogens with two attached hydrogens (primary N) is 4. The van der Waals surface area contributed by atoms with Gasteiger partial charge in [0.05, 0.1) is 22.7 Å². The molecule has 0 aliphatic rings. The topological polar surface area (TPSA) is 138 Å². The Morgan fingerprint density at radius 3 is 1.14 bits per heavy atom. The summed E-state index contributed by atoms with van der Waals surface area (Å²) in [4.78, 5) is 0. The van der Waals surface area contributed by atoms with Gasteiger partial charge in [0.1, 0.15) is 0 Å². The van der Waals surface area contributed by atoms with Crippen molar-refractivity contribution in [1.29, 1.82) is 0 Å². The summed E-state index contributed by atoms with van der Waals surface area (Å²) in [6, 6.07) is 11.2. The van der Waals surface area contributed by atoms with E-state index in [1.807, 2.05) is 50.2 Å². The monoisotopic (exact) mass is 308 g/mol. The second-order valence-electron chi connectivity index (χ2n) is 4.33. The Hall–Kier alpha value is -2.54. The van der Waals surface area contributed by atoms with Crippen LogP contribution in [0.15, 0.2) is 36.4 Å². The van der Waals surface area contributed by atoms with Crippen molar-refractivity contribution >= 4 is 34.3 Å². The van der Waals surface area contributed by atoms with Gasteiger partial charge in [0.2, 0.25) is 0 Å². The van der Waals surface area contributed by atoms with Gasteiger partial charge in [0, 0.05) is 0 Å². The SMILES string of the molecule is Cc1ccc(N)c(N)c1.Cc1ccc(N)c(N)c1.O=S=O. The first-order valence-electron chi connectivity index (χ1n) is 5.96. The molecule has 0 fully saturated rings. The van der Waals surface area contributed by atoms with Gasteiger partial charge in [0.25, 0.3) is 0 Å². The van der Waals surface area contributed by atoms with E-state index >= 15 is 0 Å². The number of rotatable bonds is 0. The maximum Gasteiger partial charge on any atom is 0.335 e. The Balaban J connectivity index is 0.000000322. The highest BCUT2D eigenvalue weighted by Crippen LogP contribution is 2.15. The standard InChI is InChI=1S/2C7H10N2.O2S/c2*1-5-2-3-6(8)7(9)4-5;1-3-2/h2*2-4H,8-9H2,1H3;. The average Bonchev–Trinajstić information content (AvgIpc) is 2.41. The van der Waals surface area contributed by atoms with Crippen molar-refractivity contribution in [2.24, 2.45) is 0 Å². The average molecular weight is 308 g/mol. The van der Waals surface area contributed by atoms with Crippen LogP contribution in [0.1, 0.15) is 11.1 Å². The molecule has 8 N–H and O–H groups in total. The van der Waals surface area contributed by atoms with Crippen molar-refractivity contribution in [3.05, 3.63) is 47.5 Å². The minimum atomic E-state index is -0.750. The zero-order chi connectivity index (χ0) is 16.4. The van der Waals surface area contributed by atoms with Gasteiger partial charge in [-0.3, -0.25) is 0 Å². The molecule has 0 heterocycles. The van der Waals surface area contributed by atoms with Crippen molar-refractivity contribution < 1.29 is 8.42 Å². The molecule has 0 aliphatic carbocycles. The van der Waals surface area contributed by atoms with E-state index < -0.39 is 11.6 Å². The molecule has 0 aromatic heterocycles. The predicted octanol–water partition coefficient (Wildman–Crippen LogP) is 1.65. The summed E-state index contributed by atoms with van der Waals surface area (Å²) in [5.74, 6) is 0. The Labute approximate surface area is 127 Å². The summed E-state index contributed by atoms with van der Waals surface area (Å²) in [7, 11) is 0. The van der Waals surface area contributed by atoms with Crippen LogP contribution in [0.5, 0.6) is 0 Å². The van der Waals surface area contributed by atoms with E-state index in [1.165, 1.54) is 0 Å². The second-order valence-corrected chi connectivity index (χ2v) is 4.47. The van der Waals surface area contributed by atoms with E-state index in [9.17, 15) is 0 Å². The van der Waals surface area contributed by atoms with Gasteiger partial charge in [-0.05, 0) is 49.2 Å². The Bertz CT molecular complexity index is 577. The molecular formula is C14H20N4O2S. The molecule has 0 saturated carbocycles. The van der Waals surface area contributed by atoms with Gasteiger partial charge in [-0.15, -0.1) is 0 Å². The number of benzene rings is 2. The highest BCUT2D eigenvalue weighted by Gasteiger charge is 1.91. The molecule has 0 bridgehead atoms. The van der Waals surface area contributed by atoms with E-state index in [1.54, 1.807) is 0 Å². The third-order valence-corrected chi connectivity index (χ3v) is 2.48. The van der Waals surface area contributed by atoms with Crippen LogP contribution >= 0.6 is 0 Å². The lowest BCUT2D eigenvalue weighted by atomic mass is 10.2. The fourth-order valence-corrected chi connectivity index (χ4v) is 1.39. The van der Waals surface area contributed by atoms with Crippen LogP contribution in [0.4, 0.5) is 22.7 Å². The van der Waals surface area contributed by atoms with Crippen LogP contribution in [0.25, 0.3) is 0 Å². The first-order chi connectivity index (χ1) is 9.81. The fraction of sp³-hybridized carbons (Fsp3) is 0.143. The zero-order valence-electron chi connectivity index (χ0n) is 12.0. The van der Waals surface area contributed by atoms with Crippen LogP contribution in [0.3, 0.4) is 0 Å². The summed E-state index contributed by atoms with van der Waals surface area (Å²) < 4.78 is 16.6. The van der Waals surface area contributed by atoms with Crippen molar-refractivity contribution in [3.63, 3.8) is 0 Å². The maximum atomic E-state index is 8.29. The van der Waals surface area contributed by atoms with Gasteiger partial charge >= 0.3 is 11.6 Å². The zero-order valence-corrected chi connectivity index (χ0v) is 12.8. The summed E-state index contributed by atoms with van der Waals surface area (Å²) >= 11 is -0.750. The number of nitrogen functional groups attached to an aromatic ring is 4. The lowest BCUT2D eigenvalue weighted by Crippen LogP contribution is -1.93. The van der Waals surface area contributed by atoms with Gasteiger partial charge in [-0.25, -0.2) is 0 Å². The lowest BCUT2D eigenvalue weighted by Gasteiger charge is -1.98. The molecule has 0 aliphatic heterocycles. The molecule has 0 atom stereocenters. The summed E-state index contributed by atoms with van der Waals surface area (Å²) in [5, 5.41) is 0. The quantitative estimate of drug-likeness (QED) is 0.546. The van der Waals surface area contributed by atoms with Crippen molar-refractivity contribution in [2.45, 2.75) is 13.8 Å². The Morgan fingerprint density at radius 1 is 0.667 bits per heavy atom. The molecule has 0 saturated heterocycles. The van der Waals surface area contributed by atoms with Crippen LogP contribution in [-0.2, 0) is 11.6 Å². The maximum absolute atomic E-state index is 8.29. The lowest BCUT2D eigenvalue weighted by molar-refractivity contribution is 0.630. The Kier molecular flexibility index (Phi) is 8.24. The largest absolute Gasteiger partial charge is 0.397 e. The number of hydrogen-bond donors (Lipinski definition) is 4. The molecule has 2 rings (SSSR count). The van der Waals surface area contributed by atoms with Crippen LogP contribution in [0.2, 0.25) is 0 Å². The van der Waals surface area contributed by atoms with Gasteiger partial charge in [0.15, 0.2) is 0 Å². The molecule has 114 valence electrons. The molecule has 0 spiro atoms. The smallest absolute Gasteiger partial charge is 0.335 e. The van der Waals surface area contributed by atoms with Crippen molar-refractivity contribution in [3.8, 4) is 0 Å². The molecule has 0 amide bonds. The first-order valence-corrected chi connectivity index (χ1v) is 6.63. The van der Waals surface area contributed by atoms with Crippen LogP contribution in [-0.4, -0.2) is 8.42 Å². The van der Waals surface area contributed by atoms with E-state index in [-0.39, 0.29) is 0 Å². The van der Waals surface area contributed by atoms with E-state index in [0.29, 0.717) is 22.7 Å². The highest BCUT2D eigenvalue weighted by molar-refractivity contribution is 7.51. The molecule has 2 aromatic rings. The fourth-order valence-electron chi connectivity index (χ4n) is 1.39. The highest BCUT2D eigenvalue weighted by atomic mass is 32.1. The van der Waals surface area contributed by atoms with Crippen molar-refractivity contribution in [1.82, 2.24) is 0 Å². The number of hydrogen-bond acceptors (Lipinski definition) is 6. The second kappa shape index (κ2) is 9.38. The molecule has 0 radical (unpaired) electrons. The van der Waals surface area contributed by atoms with Gasteiger partial charge in [-0.1, -0.05) is 12.1 Å². The molecule has 0 unspecified atom stereocenters. The Morgan fingerprint density at radius 2 is 0.952 bits per heavy atom. The normalized spacial score (nSPS) is 8.67. The van der Waals surface area contributed by atoms with E-state index in [4.69, 9.17) is 31.4 Å². The number of anilines is 4. The third-order valence-electron chi connectivity index (χ3n) is 2.48. The molecule has 7 heteroatoms. The molecule has 2 aromatic carbocycles.